The van der Waals surface area contributed by atoms with Crippen LogP contribution >= 0.6 is 0 Å². The largest absolute Gasteiger partial charge is 0.508 e. The first-order chi connectivity index (χ1) is 9.28. The van der Waals surface area contributed by atoms with Gasteiger partial charge in [-0.15, -0.1) is 0 Å². The number of rotatable bonds is 3. The minimum atomic E-state index is 0.356. The van der Waals surface area contributed by atoms with Crippen LogP contribution in [0.3, 0.4) is 0 Å². The van der Waals surface area contributed by atoms with Gasteiger partial charge >= 0.3 is 0 Å². The van der Waals surface area contributed by atoms with Crippen molar-refractivity contribution >= 4 is 0 Å². The van der Waals surface area contributed by atoms with Gasteiger partial charge in [0, 0.05) is 6.04 Å². The second-order valence-electron chi connectivity index (χ2n) is 5.30. The zero-order chi connectivity index (χ0) is 13.2. The van der Waals surface area contributed by atoms with Crippen molar-refractivity contribution in [2.24, 2.45) is 5.92 Å². The molecule has 2 N–H and O–H groups in total. The van der Waals surface area contributed by atoms with E-state index in [-0.39, 0.29) is 0 Å². The maximum atomic E-state index is 9.57. The molecule has 0 saturated carbocycles. The van der Waals surface area contributed by atoms with Crippen LogP contribution in [0.5, 0.6) is 5.75 Å². The SMILES string of the molecule is CNC1c2ccccc2CC1Cc1cccc(O)c1. The highest BCUT2D eigenvalue weighted by Gasteiger charge is 2.30. The van der Waals surface area contributed by atoms with Gasteiger partial charge in [0.25, 0.3) is 0 Å². The molecule has 3 rings (SSSR count). The molecule has 2 aromatic carbocycles. The van der Waals surface area contributed by atoms with Crippen LogP contribution in [-0.4, -0.2) is 12.2 Å². The molecular weight excluding hydrogens is 234 g/mol. The fraction of sp³-hybridized carbons (Fsp3) is 0.294. The quantitative estimate of drug-likeness (QED) is 0.881. The summed E-state index contributed by atoms with van der Waals surface area (Å²) in [7, 11) is 2.03. The Bertz CT molecular complexity index is 579. The fourth-order valence-corrected chi connectivity index (χ4v) is 3.25. The van der Waals surface area contributed by atoms with E-state index < -0.39 is 0 Å². The average molecular weight is 253 g/mol. The van der Waals surface area contributed by atoms with Gasteiger partial charge in [-0.1, -0.05) is 36.4 Å². The summed E-state index contributed by atoms with van der Waals surface area (Å²) < 4.78 is 0. The predicted molar refractivity (Wildman–Crippen MR) is 77.2 cm³/mol. The topological polar surface area (TPSA) is 32.3 Å². The van der Waals surface area contributed by atoms with E-state index in [2.05, 4.69) is 35.6 Å². The summed E-state index contributed by atoms with van der Waals surface area (Å²) in [5.41, 5.74) is 4.08. The fourth-order valence-electron chi connectivity index (χ4n) is 3.25. The average Bonchev–Trinajstić information content (AvgIpc) is 2.75. The lowest BCUT2D eigenvalue weighted by molar-refractivity contribution is 0.409. The normalized spacial score (nSPS) is 21.3. The first kappa shape index (κ1) is 12.2. The van der Waals surface area contributed by atoms with Crippen molar-refractivity contribution in [1.82, 2.24) is 5.32 Å². The lowest BCUT2D eigenvalue weighted by Gasteiger charge is -2.20. The third-order valence-corrected chi connectivity index (χ3v) is 4.06. The van der Waals surface area contributed by atoms with Crippen molar-refractivity contribution in [3.63, 3.8) is 0 Å². The Morgan fingerprint density at radius 2 is 2.00 bits per heavy atom. The molecule has 98 valence electrons. The lowest BCUT2D eigenvalue weighted by atomic mass is 9.93. The number of phenolic OH excluding ortho intramolecular Hbond substituents is 1. The van der Waals surface area contributed by atoms with Crippen molar-refractivity contribution in [2.75, 3.05) is 7.05 Å². The Hall–Kier alpha value is -1.80. The summed E-state index contributed by atoms with van der Waals surface area (Å²) in [5.74, 6) is 0.915. The van der Waals surface area contributed by atoms with E-state index in [9.17, 15) is 5.11 Å². The van der Waals surface area contributed by atoms with Gasteiger partial charge in [0.05, 0.1) is 0 Å². The molecule has 2 aromatic rings. The summed E-state index contributed by atoms with van der Waals surface area (Å²) in [6, 6.07) is 16.7. The summed E-state index contributed by atoms with van der Waals surface area (Å²) >= 11 is 0. The van der Waals surface area contributed by atoms with E-state index in [0.717, 1.165) is 12.8 Å². The molecule has 0 saturated heterocycles. The van der Waals surface area contributed by atoms with Crippen molar-refractivity contribution in [3.05, 3.63) is 65.2 Å². The number of phenols is 1. The van der Waals surface area contributed by atoms with Crippen LogP contribution in [0.2, 0.25) is 0 Å². The monoisotopic (exact) mass is 253 g/mol. The van der Waals surface area contributed by atoms with E-state index in [1.807, 2.05) is 19.2 Å². The number of hydrogen-bond donors (Lipinski definition) is 2. The molecule has 0 amide bonds. The lowest BCUT2D eigenvalue weighted by Crippen LogP contribution is -2.23. The summed E-state index contributed by atoms with van der Waals surface area (Å²) in [6.07, 6.45) is 2.10. The molecule has 2 nitrogen and oxygen atoms in total. The second-order valence-corrected chi connectivity index (χ2v) is 5.30. The van der Waals surface area contributed by atoms with E-state index in [1.165, 1.54) is 16.7 Å². The molecular formula is C17H19NO. The van der Waals surface area contributed by atoms with Crippen LogP contribution in [0.1, 0.15) is 22.7 Å². The van der Waals surface area contributed by atoms with Gasteiger partial charge in [-0.3, -0.25) is 0 Å². The highest BCUT2D eigenvalue weighted by Crippen LogP contribution is 2.37. The standard InChI is InChI=1S/C17H19NO/c1-18-17-14(9-12-5-4-7-15(19)10-12)11-13-6-2-3-8-16(13)17/h2-8,10,14,17-19H,9,11H2,1H3. The zero-order valence-electron chi connectivity index (χ0n) is 11.1. The molecule has 19 heavy (non-hydrogen) atoms. The van der Waals surface area contributed by atoms with Gasteiger partial charge in [0.2, 0.25) is 0 Å². The number of nitrogens with one attached hydrogen (secondary N) is 1. The smallest absolute Gasteiger partial charge is 0.115 e. The maximum Gasteiger partial charge on any atom is 0.115 e. The van der Waals surface area contributed by atoms with Gasteiger partial charge in [-0.2, -0.15) is 0 Å². The minimum absolute atomic E-state index is 0.356. The van der Waals surface area contributed by atoms with Crippen LogP contribution in [0.15, 0.2) is 48.5 Å². The zero-order valence-corrected chi connectivity index (χ0v) is 11.1. The van der Waals surface area contributed by atoms with Crippen LogP contribution in [0, 0.1) is 5.92 Å². The van der Waals surface area contributed by atoms with Crippen molar-refractivity contribution in [1.29, 1.82) is 0 Å². The van der Waals surface area contributed by atoms with Crippen molar-refractivity contribution in [2.45, 2.75) is 18.9 Å². The molecule has 0 spiro atoms. The summed E-state index contributed by atoms with van der Waals surface area (Å²) in [4.78, 5) is 0. The van der Waals surface area contributed by atoms with Gasteiger partial charge in [0.15, 0.2) is 0 Å². The molecule has 0 aliphatic heterocycles. The van der Waals surface area contributed by atoms with E-state index in [1.54, 1.807) is 6.07 Å². The Morgan fingerprint density at radius 3 is 2.79 bits per heavy atom. The van der Waals surface area contributed by atoms with Gasteiger partial charge in [-0.25, -0.2) is 0 Å². The number of benzene rings is 2. The summed E-state index contributed by atoms with van der Waals surface area (Å²) in [6.45, 7) is 0. The maximum absolute atomic E-state index is 9.57. The summed E-state index contributed by atoms with van der Waals surface area (Å²) in [5, 5.41) is 13.0. The molecule has 0 aromatic heterocycles. The molecule has 0 fully saturated rings. The molecule has 1 aliphatic rings. The molecule has 2 heteroatoms. The van der Waals surface area contributed by atoms with E-state index in [4.69, 9.17) is 0 Å². The second kappa shape index (κ2) is 5.06. The molecule has 1 aliphatic carbocycles. The molecule has 2 unspecified atom stereocenters. The highest BCUT2D eigenvalue weighted by molar-refractivity contribution is 5.37. The Labute approximate surface area is 114 Å². The third-order valence-electron chi connectivity index (χ3n) is 4.06. The van der Waals surface area contributed by atoms with Crippen LogP contribution < -0.4 is 5.32 Å². The number of hydrogen-bond acceptors (Lipinski definition) is 2. The predicted octanol–water partition coefficient (Wildman–Crippen LogP) is 3.07. The van der Waals surface area contributed by atoms with Crippen molar-refractivity contribution < 1.29 is 5.11 Å². The minimum Gasteiger partial charge on any atom is -0.508 e. The van der Waals surface area contributed by atoms with Gasteiger partial charge < -0.3 is 10.4 Å². The van der Waals surface area contributed by atoms with E-state index >= 15 is 0 Å². The van der Waals surface area contributed by atoms with Crippen LogP contribution in [0.4, 0.5) is 0 Å². The third kappa shape index (κ3) is 2.36. The van der Waals surface area contributed by atoms with Crippen molar-refractivity contribution in [3.8, 4) is 5.75 Å². The number of aromatic hydroxyl groups is 1. The van der Waals surface area contributed by atoms with Gasteiger partial charge in [0.1, 0.15) is 5.75 Å². The molecule has 2 atom stereocenters. The molecule has 0 radical (unpaired) electrons. The number of fused-ring (bicyclic) bond motifs is 1. The van der Waals surface area contributed by atoms with Crippen LogP contribution in [-0.2, 0) is 12.8 Å². The Kier molecular flexibility index (Phi) is 3.26. The Balaban J connectivity index is 1.83. The van der Waals surface area contributed by atoms with Gasteiger partial charge in [-0.05, 0) is 54.6 Å². The highest BCUT2D eigenvalue weighted by atomic mass is 16.3. The molecule has 0 heterocycles. The van der Waals surface area contributed by atoms with E-state index in [0.29, 0.717) is 17.7 Å². The molecule has 0 bridgehead atoms. The Morgan fingerprint density at radius 1 is 1.16 bits per heavy atom. The first-order valence-electron chi connectivity index (χ1n) is 6.81. The van der Waals surface area contributed by atoms with Crippen LogP contribution in [0.25, 0.3) is 0 Å². The first-order valence-corrected chi connectivity index (χ1v) is 6.81.